The zero-order valence-corrected chi connectivity index (χ0v) is 10.1. The van der Waals surface area contributed by atoms with E-state index >= 15 is 0 Å². The molecule has 2 aliphatic heterocycles. The van der Waals surface area contributed by atoms with Crippen molar-refractivity contribution in [1.82, 2.24) is 10.2 Å². The van der Waals surface area contributed by atoms with Gasteiger partial charge in [-0.05, 0) is 25.2 Å². The van der Waals surface area contributed by atoms with E-state index in [0.29, 0.717) is 5.92 Å². The van der Waals surface area contributed by atoms with Crippen molar-refractivity contribution >= 4 is 6.03 Å². The Kier molecular flexibility index (Phi) is 4.04. The molecule has 0 aromatic carbocycles. The zero-order chi connectivity index (χ0) is 11.4. The number of hydrogen-bond donors (Lipinski definition) is 1. The fourth-order valence-corrected chi connectivity index (χ4v) is 2.30. The Bertz CT molecular complexity index is 231. The van der Waals surface area contributed by atoms with Crippen LogP contribution in [0, 0.1) is 11.8 Å². The summed E-state index contributed by atoms with van der Waals surface area (Å²) in [5.74, 6) is 1.29. The third-order valence-corrected chi connectivity index (χ3v) is 3.64. The van der Waals surface area contributed by atoms with Gasteiger partial charge in [0.25, 0.3) is 0 Å². The molecule has 2 fully saturated rings. The molecule has 0 saturated carbocycles. The van der Waals surface area contributed by atoms with Crippen molar-refractivity contribution in [1.29, 1.82) is 0 Å². The van der Waals surface area contributed by atoms with Gasteiger partial charge < -0.3 is 15.0 Å². The molecule has 0 bridgehead atoms. The molecule has 0 radical (unpaired) electrons. The van der Waals surface area contributed by atoms with Crippen LogP contribution in [0.3, 0.4) is 0 Å². The van der Waals surface area contributed by atoms with Crippen LogP contribution >= 0.6 is 0 Å². The Balaban J connectivity index is 1.67. The van der Waals surface area contributed by atoms with Gasteiger partial charge in [-0.15, -0.1) is 0 Å². The van der Waals surface area contributed by atoms with E-state index in [1.807, 2.05) is 4.90 Å². The van der Waals surface area contributed by atoms with E-state index in [4.69, 9.17) is 4.74 Å². The number of carbonyl (C=O) groups is 1. The lowest BCUT2D eigenvalue weighted by molar-refractivity contribution is 0.168. The second-order valence-corrected chi connectivity index (χ2v) is 5.09. The van der Waals surface area contributed by atoms with E-state index in [2.05, 4.69) is 12.2 Å². The van der Waals surface area contributed by atoms with Gasteiger partial charge in [0.2, 0.25) is 0 Å². The Morgan fingerprint density at radius 3 is 2.75 bits per heavy atom. The number of amides is 2. The molecule has 0 aromatic heterocycles. The summed E-state index contributed by atoms with van der Waals surface area (Å²) >= 11 is 0. The summed E-state index contributed by atoms with van der Waals surface area (Å²) in [5.41, 5.74) is 0. The largest absolute Gasteiger partial charge is 0.381 e. The average Bonchev–Trinajstić information content (AvgIpc) is 2.80. The van der Waals surface area contributed by atoms with Gasteiger partial charge in [-0.25, -0.2) is 4.79 Å². The van der Waals surface area contributed by atoms with Gasteiger partial charge in [0.1, 0.15) is 0 Å². The minimum absolute atomic E-state index is 0.110. The van der Waals surface area contributed by atoms with Crippen LogP contribution in [-0.4, -0.2) is 43.8 Å². The summed E-state index contributed by atoms with van der Waals surface area (Å²) in [6, 6.07) is 0.110. The van der Waals surface area contributed by atoms with Crippen molar-refractivity contribution in [3.63, 3.8) is 0 Å². The first-order valence-corrected chi connectivity index (χ1v) is 6.36. The summed E-state index contributed by atoms with van der Waals surface area (Å²) in [7, 11) is 0. The van der Waals surface area contributed by atoms with E-state index in [0.717, 1.165) is 58.0 Å². The van der Waals surface area contributed by atoms with Gasteiger partial charge in [0.15, 0.2) is 0 Å². The highest BCUT2D eigenvalue weighted by molar-refractivity contribution is 5.74. The van der Waals surface area contributed by atoms with Gasteiger partial charge in [-0.3, -0.25) is 0 Å². The van der Waals surface area contributed by atoms with Crippen LogP contribution in [0.5, 0.6) is 0 Å². The van der Waals surface area contributed by atoms with Crippen molar-refractivity contribution in [2.45, 2.75) is 26.2 Å². The van der Waals surface area contributed by atoms with Crippen LogP contribution in [0.2, 0.25) is 0 Å². The Morgan fingerprint density at radius 2 is 2.12 bits per heavy atom. The quantitative estimate of drug-likeness (QED) is 0.774. The number of nitrogens with one attached hydrogen (secondary N) is 1. The van der Waals surface area contributed by atoms with Crippen molar-refractivity contribution in [3.8, 4) is 0 Å². The fraction of sp³-hybridized carbons (Fsp3) is 0.917. The third-order valence-electron chi connectivity index (χ3n) is 3.64. The van der Waals surface area contributed by atoms with E-state index in [1.165, 1.54) is 0 Å². The Morgan fingerprint density at radius 1 is 1.38 bits per heavy atom. The third kappa shape index (κ3) is 3.11. The van der Waals surface area contributed by atoms with Gasteiger partial charge in [-0.2, -0.15) is 0 Å². The van der Waals surface area contributed by atoms with Crippen molar-refractivity contribution in [2.75, 3.05) is 32.8 Å². The van der Waals surface area contributed by atoms with Crippen LogP contribution in [-0.2, 0) is 4.74 Å². The maximum Gasteiger partial charge on any atom is 0.317 e. The molecule has 2 saturated heterocycles. The normalized spacial score (nSPS) is 27.1. The monoisotopic (exact) mass is 226 g/mol. The highest BCUT2D eigenvalue weighted by Gasteiger charge is 2.21. The van der Waals surface area contributed by atoms with Crippen LogP contribution in [0.4, 0.5) is 4.79 Å². The molecule has 4 nitrogen and oxygen atoms in total. The summed E-state index contributed by atoms with van der Waals surface area (Å²) in [5, 5.41) is 3.02. The number of hydrogen-bond acceptors (Lipinski definition) is 2. The molecule has 2 aliphatic rings. The lowest BCUT2D eigenvalue weighted by Crippen LogP contribution is -2.45. The van der Waals surface area contributed by atoms with Crippen LogP contribution < -0.4 is 5.32 Å². The minimum Gasteiger partial charge on any atom is -0.381 e. The van der Waals surface area contributed by atoms with Crippen LogP contribution in [0.25, 0.3) is 0 Å². The lowest BCUT2D eigenvalue weighted by Gasteiger charge is -2.30. The molecule has 2 heterocycles. The average molecular weight is 226 g/mol. The van der Waals surface area contributed by atoms with Gasteiger partial charge in [-0.1, -0.05) is 6.92 Å². The van der Waals surface area contributed by atoms with Crippen LogP contribution in [0.15, 0.2) is 0 Å². The number of likely N-dealkylation sites (tertiary alicyclic amines) is 1. The Hall–Kier alpha value is -0.770. The second-order valence-electron chi connectivity index (χ2n) is 5.09. The first-order chi connectivity index (χ1) is 7.75. The maximum atomic E-state index is 11.8. The molecule has 92 valence electrons. The number of ether oxygens (including phenoxy) is 1. The molecule has 1 atom stereocenters. The molecule has 0 aliphatic carbocycles. The summed E-state index contributed by atoms with van der Waals surface area (Å²) in [6.07, 6.45) is 3.36. The number of urea groups is 1. The fourth-order valence-electron chi connectivity index (χ4n) is 2.30. The molecule has 2 amide bonds. The molecule has 2 rings (SSSR count). The number of piperidine rings is 1. The first-order valence-electron chi connectivity index (χ1n) is 6.36. The smallest absolute Gasteiger partial charge is 0.317 e. The molecular weight excluding hydrogens is 204 g/mol. The Labute approximate surface area is 97.3 Å². The molecular formula is C12H22N2O2. The number of rotatable bonds is 2. The molecule has 0 aromatic rings. The van der Waals surface area contributed by atoms with E-state index in [9.17, 15) is 4.79 Å². The highest BCUT2D eigenvalue weighted by atomic mass is 16.5. The molecule has 1 unspecified atom stereocenters. The highest BCUT2D eigenvalue weighted by Crippen LogP contribution is 2.16. The van der Waals surface area contributed by atoms with E-state index in [1.54, 1.807) is 0 Å². The predicted molar refractivity (Wildman–Crippen MR) is 62.3 cm³/mol. The zero-order valence-electron chi connectivity index (χ0n) is 10.1. The number of nitrogens with zero attached hydrogens (tertiary/aromatic N) is 1. The second kappa shape index (κ2) is 5.53. The van der Waals surface area contributed by atoms with Gasteiger partial charge >= 0.3 is 6.03 Å². The maximum absolute atomic E-state index is 11.8. The SMILES string of the molecule is CC1CCN(C(=O)NCC2CCOC2)CC1. The standard InChI is InChI=1S/C12H22N2O2/c1-10-2-5-14(6-3-10)12(15)13-8-11-4-7-16-9-11/h10-11H,2-9H2,1H3,(H,13,15). The molecule has 1 N–H and O–H groups in total. The summed E-state index contributed by atoms with van der Waals surface area (Å²) < 4.78 is 5.28. The van der Waals surface area contributed by atoms with Crippen molar-refractivity contribution in [2.24, 2.45) is 11.8 Å². The van der Waals surface area contributed by atoms with Crippen molar-refractivity contribution < 1.29 is 9.53 Å². The van der Waals surface area contributed by atoms with Gasteiger partial charge in [0, 0.05) is 32.2 Å². The van der Waals surface area contributed by atoms with E-state index < -0.39 is 0 Å². The van der Waals surface area contributed by atoms with Gasteiger partial charge in [0.05, 0.1) is 6.61 Å². The summed E-state index contributed by atoms with van der Waals surface area (Å²) in [6.45, 7) is 6.50. The summed E-state index contributed by atoms with van der Waals surface area (Å²) in [4.78, 5) is 13.8. The molecule has 16 heavy (non-hydrogen) atoms. The van der Waals surface area contributed by atoms with Crippen molar-refractivity contribution in [3.05, 3.63) is 0 Å². The van der Waals surface area contributed by atoms with Crippen LogP contribution in [0.1, 0.15) is 26.2 Å². The lowest BCUT2D eigenvalue weighted by atomic mass is 10.00. The first kappa shape index (κ1) is 11.7. The van der Waals surface area contributed by atoms with E-state index in [-0.39, 0.29) is 6.03 Å². The topological polar surface area (TPSA) is 41.6 Å². The predicted octanol–water partition coefficient (Wildman–Crippen LogP) is 1.46. The molecule has 4 heteroatoms. The molecule has 0 spiro atoms. The minimum atomic E-state index is 0.110. The number of carbonyl (C=O) groups excluding carboxylic acids is 1.